The Morgan fingerprint density at radius 2 is 0.977 bits per heavy atom. The number of anilines is 1. The molecule has 0 aromatic heterocycles. The molecule has 4 aliphatic rings. The number of carbonyl (C=O) groups excluding carboxylic acids is 2. The normalized spacial score (nSPS) is 17.0. The zero-order chi connectivity index (χ0) is 29.9. The Kier molecular flexibility index (Phi) is 7.58. The van der Waals surface area contributed by atoms with Gasteiger partial charge < -0.3 is 26.6 Å². The number of aliphatic imine (C=N–C) groups is 4. The number of amidine groups is 4. The van der Waals surface area contributed by atoms with Crippen molar-refractivity contribution in [2.45, 2.75) is 6.42 Å². The molecule has 7 rings (SSSR count). The van der Waals surface area contributed by atoms with Crippen molar-refractivity contribution < 1.29 is 9.59 Å². The Bertz CT molecular complexity index is 1540. The van der Waals surface area contributed by atoms with Crippen molar-refractivity contribution >= 4 is 40.7 Å². The third-order valence-corrected chi connectivity index (χ3v) is 7.81. The van der Waals surface area contributed by atoms with E-state index in [0.717, 1.165) is 104 Å². The van der Waals surface area contributed by atoms with Crippen LogP contribution in [0.1, 0.15) is 48.5 Å². The first-order valence-corrected chi connectivity index (χ1v) is 15.0. The SMILES string of the molecule is O=C(Cc1cc(C2=NCCN2)cc(C2=NCCN2)c1)c1ccc(C(=O)Nc2cc(C3=NCCN3)cc(C3=NCCN3)c2)cc1. The highest BCUT2D eigenvalue weighted by Crippen LogP contribution is 2.20. The smallest absolute Gasteiger partial charge is 0.255 e. The second-order valence-electron chi connectivity index (χ2n) is 11.0. The zero-order valence-corrected chi connectivity index (χ0v) is 24.2. The van der Waals surface area contributed by atoms with Gasteiger partial charge in [0.05, 0.1) is 26.2 Å². The van der Waals surface area contributed by atoms with Crippen molar-refractivity contribution in [3.8, 4) is 0 Å². The lowest BCUT2D eigenvalue weighted by Crippen LogP contribution is -2.23. The molecule has 0 fully saturated rings. The van der Waals surface area contributed by atoms with Gasteiger partial charge in [0.25, 0.3) is 5.91 Å². The summed E-state index contributed by atoms with van der Waals surface area (Å²) >= 11 is 0. The van der Waals surface area contributed by atoms with Gasteiger partial charge in [-0.05, 0) is 54.1 Å². The van der Waals surface area contributed by atoms with E-state index in [9.17, 15) is 9.59 Å². The molecular weight excluding hydrogens is 554 g/mol. The number of ketones is 1. The number of nitrogens with one attached hydrogen (secondary N) is 5. The topological polar surface area (TPSA) is 144 Å². The van der Waals surface area contributed by atoms with Crippen LogP contribution in [0.15, 0.2) is 80.6 Å². The van der Waals surface area contributed by atoms with Gasteiger partial charge in [0, 0.05) is 71.7 Å². The van der Waals surface area contributed by atoms with Gasteiger partial charge in [0.15, 0.2) is 5.78 Å². The predicted octanol–water partition coefficient (Wildman–Crippen LogP) is 1.76. The summed E-state index contributed by atoms with van der Waals surface area (Å²) in [5.74, 6) is 3.00. The fourth-order valence-corrected chi connectivity index (χ4v) is 5.70. The maximum Gasteiger partial charge on any atom is 0.255 e. The maximum absolute atomic E-state index is 13.4. The van der Waals surface area contributed by atoms with E-state index in [1.165, 1.54) is 0 Å². The lowest BCUT2D eigenvalue weighted by molar-refractivity contribution is 0.0989. The number of carbonyl (C=O) groups is 2. The lowest BCUT2D eigenvalue weighted by Gasteiger charge is -2.12. The number of rotatable bonds is 9. The molecule has 222 valence electrons. The van der Waals surface area contributed by atoms with Crippen LogP contribution in [0.5, 0.6) is 0 Å². The van der Waals surface area contributed by atoms with Gasteiger partial charge in [-0.15, -0.1) is 0 Å². The fourth-order valence-electron chi connectivity index (χ4n) is 5.70. The van der Waals surface area contributed by atoms with E-state index in [0.29, 0.717) is 16.8 Å². The minimum atomic E-state index is -0.262. The molecule has 0 spiro atoms. The Labute approximate surface area is 255 Å². The largest absolute Gasteiger partial charge is 0.368 e. The van der Waals surface area contributed by atoms with Crippen LogP contribution in [0, 0.1) is 0 Å². The Morgan fingerprint density at radius 3 is 1.39 bits per heavy atom. The van der Waals surface area contributed by atoms with Crippen LogP contribution >= 0.6 is 0 Å². The first-order chi connectivity index (χ1) is 21.6. The van der Waals surface area contributed by atoms with Crippen LogP contribution in [-0.4, -0.2) is 87.4 Å². The summed E-state index contributed by atoms with van der Waals surface area (Å²) in [5, 5.41) is 16.3. The standard InChI is InChI=1S/C33H33N9O2/c43-28(15-20-13-23(29-34-5-6-35-29)16-24(14-20)30-36-7-8-37-30)21-1-3-22(4-2-21)33(44)42-27-18-25(31-38-9-10-39-31)17-26(19-27)32-40-11-12-41-32/h1-4,13-14,16-19H,5-12,15H2,(H,34,35)(H,36,37)(H,38,39)(H,40,41)(H,42,44). The van der Waals surface area contributed by atoms with Crippen molar-refractivity contribution in [2.24, 2.45) is 20.0 Å². The van der Waals surface area contributed by atoms with Crippen molar-refractivity contribution in [3.05, 3.63) is 99.6 Å². The highest BCUT2D eigenvalue weighted by Gasteiger charge is 2.19. The molecule has 0 saturated heterocycles. The van der Waals surface area contributed by atoms with Crippen LogP contribution in [0.25, 0.3) is 0 Å². The molecule has 3 aromatic rings. The van der Waals surface area contributed by atoms with E-state index in [1.807, 2.05) is 30.3 Å². The molecule has 44 heavy (non-hydrogen) atoms. The molecule has 4 aliphatic heterocycles. The summed E-state index contributed by atoms with van der Waals surface area (Å²) in [5.41, 5.74) is 6.22. The Hall–Kier alpha value is -5.32. The molecule has 1 amide bonds. The molecular formula is C33H33N9O2. The van der Waals surface area contributed by atoms with Gasteiger partial charge in [-0.2, -0.15) is 0 Å². The number of Topliss-reactive ketones (excluding diaryl/α,β-unsaturated/α-hetero) is 1. The van der Waals surface area contributed by atoms with Crippen LogP contribution in [0.3, 0.4) is 0 Å². The average Bonchev–Trinajstić information content (AvgIpc) is 3.89. The van der Waals surface area contributed by atoms with Crippen LogP contribution in [-0.2, 0) is 6.42 Å². The van der Waals surface area contributed by atoms with Gasteiger partial charge >= 0.3 is 0 Å². The van der Waals surface area contributed by atoms with Crippen LogP contribution in [0.2, 0.25) is 0 Å². The summed E-state index contributed by atoms with van der Waals surface area (Å²) in [4.78, 5) is 44.8. The van der Waals surface area contributed by atoms with Crippen LogP contribution in [0.4, 0.5) is 5.69 Å². The molecule has 11 nitrogen and oxygen atoms in total. The summed E-state index contributed by atoms with van der Waals surface area (Å²) < 4.78 is 0. The minimum Gasteiger partial charge on any atom is -0.368 e. The highest BCUT2D eigenvalue weighted by molar-refractivity contribution is 6.10. The molecule has 0 bridgehead atoms. The molecule has 4 heterocycles. The maximum atomic E-state index is 13.4. The van der Waals surface area contributed by atoms with Crippen molar-refractivity contribution in [2.75, 3.05) is 57.7 Å². The van der Waals surface area contributed by atoms with Gasteiger partial charge in [0.2, 0.25) is 0 Å². The van der Waals surface area contributed by atoms with E-state index in [2.05, 4.69) is 52.6 Å². The predicted molar refractivity (Wildman–Crippen MR) is 173 cm³/mol. The van der Waals surface area contributed by atoms with Gasteiger partial charge in [-0.3, -0.25) is 29.6 Å². The molecule has 11 heteroatoms. The van der Waals surface area contributed by atoms with Gasteiger partial charge in [-0.25, -0.2) is 0 Å². The molecule has 0 atom stereocenters. The summed E-state index contributed by atoms with van der Waals surface area (Å²) in [6.07, 6.45) is 0.221. The van der Waals surface area contributed by atoms with E-state index < -0.39 is 0 Å². The quantitative estimate of drug-likeness (QED) is 0.242. The molecule has 0 saturated carbocycles. The van der Waals surface area contributed by atoms with Crippen molar-refractivity contribution in [1.82, 2.24) is 21.3 Å². The molecule has 0 aliphatic carbocycles. The van der Waals surface area contributed by atoms with Gasteiger partial charge in [0.1, 0.15) is 23.3 Å². The number of benzene rings is 3. The fraction of sp³-hybridized carbons (Fsp3) is 0.273. The van der Waals surface area contributed by atoms with Crippen molar-refractivity contribution in [1.29, 1.82) is 0 Å². The minimum absolute atomic E-state index is 0.0327. The van der Waals surface area contributed by atoms with E-state index >= 15 is 0 Å². The number of nitrogens with zero attached hydrogens (tertiary/aromatic N) is 4. The molecule has 0 radical (unpaired) electrons. The van der Waals surface area contributed by atoms with E-state index in [1.54, 1.807) is 24.3 Å². The molecule has 0 unspecified atom stereocenters. The van der Waals surface area contributed by atoms with Gasteiger partial charge in [-0.1, -0.05) is 12.1 Å². The number of hydrogen-bond donors (Lipinski definition) is 5. The Morgan fingerprint density at radius 1 is 0.568 bits per heavy atom. The third-order valence-electron chi connectivity index (χ3n) is 7.81. The number of hydrogen-bond acceptors (Lipinski definition) is 10. The van der Waals surface area contributed by atoms with Crippen molar-refractivity contribution in [3.63, 3.8) is 0 Å². The van der Waals surface area contributed by atoms with E-state index in [-0.39, 0.29) is 18.1 Å². The second-order valence-corrected chi connectivity index (χ2v) is 11.0. The number of amides is 1. The van der Waals surface area contributed by atoms with Crippen LogP contribution < -0.4 is 26.6 Å². The second kappa shape index (κ2) is 12.1. The Balaban J connectivity index is 1.07. The summed E-state index contributed by atoms with van der Waals surface area (Å²) in [6, 6.07) is 18.7. The third kappa shape index (κ3) is 5.94. The first-order valence-electron chi connectivity index (χ1n) is 15.0. The first kappa shape index (κ1) is 27.5. The highest BCUT2D eigenvalue weighted by atomic mass is 16.1. The monoisotopic (exact) mass is 587 g/mol. The lowest BCUT2D eigenvalue weighted by atomic mass is 9.97. The summed E-state index contributed by atoms with van der Waals surface area (Å²) in [6.45, 7) is 6.09. The molecule has 5 N–H and O–H groups in total. The summed E-state index contributed by atoms with van der Waals surface area (Å²) in [7, 11) is 0. The molecule has 3 aromatic carbocycles. The average molecular weight is 588 g/mol. The zero-order valence-electron chi connectivity index (χ0n) is 24.2. The van der Waals surface area contributed by atoms with E-state index in [4.69, 9.17) is 0 Å².